The summed E-state index contributed by atoms with van der Waals surface area (Å²) in [5.41, 5.74) is 2.31. The molecule has 4 aliphatic carbocycles. The second-order valence-corrected chi connectivity index (χ2v) is 10.7. The van der Waals surface area contributed by atoms with E-state index in [9.17, 15) is 9.59 Å². The zero-order chi connectivity index (χ0) is 21.1. The first-order valence-electron chi connectivity index (χ1n) is 11.6. The lowest BCUT2D eigenvalue weighted by Gasteiger charge is -2.60. The van der Waals surface area contributed by atoms with Crippen molar-refractivity contribution >= 4 is 18.0 Å². The smallest absolute Gasteiger partial charge is 0.302 e. The van der Waals surface area contributed by atoms with Crippen molar-refractivity contribution in [3.05, 3.63) is 18.0 Å². The minimum atomic E-state index is -0.148. The summed E-state index contributed by atoms with van der Waals surface area (Å²) in [5, 5.41) is 8.26. The molecule has 0 amide bonds. The summed E-state index contributed by atoms with van der Waals surface area (Å²) < 4.78 is 7.44. The van der Waals surface area contributed by atoms with Crippen molar-refractivity contribution in [2.24, 2.45) is 34.5 Å². The van der Waals surface area contributed by atoms with Gasteiger partial charge in [-0.3, -0.25) is 9.59 Å². The Kier molecular flexibility index (Phi) is 4.67. The molecule has 3 saturated carbocycles. The second-order valence-electron chi connectivity index (χ2n) is 10.7. The van der Waals surface area contributed by atoms with E-state index in [1.54, 1.807) is 6.20 Å². The first kappa shape index (κ1) is 20.0. The molecule has 7 atom stereocenters. The normalized spacial score (nSPS) is 42.8. The van der Waals surface area contributed by atoms with Gasteiger partial charge in [-0.05, 0) is 80.5 Å². The number of hydrogen-bond donors (Lipinski definition) is 0. The van der Waals surface area contributed by atoms with E-state index in [1.807, 2.05) is 10.9 Å². The highest BCUT2D eigenvalue weighted by Crippen LogP contribution is 2.67. The van der Waals surface area contributed by atoms with E-state index in [-0.39, 0.29) is 17.5 Å². The maximum Gasteiger partial charge on any atom is 0.302 e. The van der Waals surface area contributed by atoms with E-state index in [0.29, 0.717) is 29.1 Å². The molecule has 0 radical (unpaired) electrons. The van der Waals surface area contributed by atoms with Crippen LogP contribution in [0.4, 0.5) is 0 Å². The minimum absolute atomic E-state index is 0.0107. The van der Waals surface area contributed by atoms with Gasteiger partial charge in [-0.2, -0.15) is 0 Å². The molecule has 0 aliphatic heterocycles. The lowest BCUT2D eigenvalue weighted by Crippen LogP contribution is -2.54. The molecular weight excluding hydrogens is 378 g/mol. The van der Waals surface area contributed by atoms with Gasteiger partial charge >= 0.3 is 5.97 Å². The van der Waals surface area contributed by atoms with Crippen molar-refractivity contribution in [1.29, 1.82) is 0 Å². The fourth-order valence-electron chi connectivity index (χ4n) is 8.09. The first-order valence-corrected chi connectivity index (χ1v) is 11.6. The highest BCUT2D eigenvalue weighted by Gasteiger charge is 2.60. The molecule has 162 valence electrons. The number of esters is 1. The Morgan fingerprint density at radius 3 is 2.73 bits per heavy atom. The predicted octanol–water partition coefficient (Wildman–Crippen LogP) is 4.27. The second kappa shape index (κ2) is 7.03. The van der Waals surface area contributed by atoms with Gasteiger partial charge in [-0.1, -0.05) is 19.1 Å². The topological polar surface area (TPSA) is 74.1 Å². The number of ether oxygens (including phenoxy) is 1. The van der Waals surface area contributed by atoms with Gasteiger partial charge in [0.05, 0.1) is 18.1 Å². The molecule has 5 rings (SSSR count). The molecule has 30 heavy (non-hydrogen) atoms. The quantitative estimate of drug-likeness (QED) is 0.548. The standard InChI is InChI=1S/C24H33N3O3/c1-15(29)30-18-6-8-23(2)17(13-18)4-5-19-20(23)7-9-24(3)21(19)12-16(14-28)22(24)27-11-10-25-26-27/h10-11,14,17-21H,4-9,12-13H2,1-3H3/t17-,18-,19+,20-,21-,23-,24-/m0/s1. The first-order chi connectivity index (χ1) is 14.4. The van der Waals surface area contributed by atoms with Gasteiger partial charge in [0.15, 0.2) is 0 Å². The summed E-state index contributed by atoms with van der Waals surface area (Å²) >= 11 is 0. The Morgan fingerprint density at radius 2 is 2.03 bits per heavy atom. The molecule has 0 bridgehead atoms. The maximum absolute atomic E-state index is 12.0. The zero-order valence-electron chi connectivity index (χ0n) is 18.3. The third kappa shape index (κ3) is 2.82. The fourth-order valence-corrected chi connectivity index (χ4v) is 8.09. The van der Waals surface area contributed by atoms with Gasteiger partial charge in [0.25, 0.3) is 0 Å². The third-order valence-electron chi connectivity index (χ3n) is 9.42. The molecule has 4 aliphatic rings. The molecule has 6 nitrogen and oxygen atoms in total. The summed E-state index contributed by atoms with van der Waals surface area (Å²) in [5.74, 6) is 2.32. The Morgan fingerprint density at radius 1 is 1.20 bits per heavy atom. The predicted molar refractivity (Wildman–Crippen MR) is 112 cm³/mol. The van der Waals surface area contributed by atoms with Crippen molar-refractivity contribution in [2.45, 2.75) is 78.2 Å². The zero-order valence-corrected chi connectivity index (χ0v) is 18.3. The highest BCUT2D eigenvalue weighted by atomic mass is 16.5. The van der Waals surface area contributed by atoms with Crippen molar-refractivity contribution < 1.29 is 14.3 Å². The molecule has 0 aromatic carbocycles. The van der Waals surface area contributed by atoms with Crippen LogP contribution in [0.15, 0.2) is 18.0 Å². The number of aromatic nitrogens is 3. The van der Waals surface area contributed by atoms with Gasteiger partial charge in [-0.15, -0.1) is 5.10 Å². The molecule has 3 fully saturated rings. The van der Waals surface area contributed by atoms with Crippen molar-refractivity contribution in [1.82, 2.24) is 15.0 Å². The van der Waals surface area contributed by atoms with E-state index < -0.39 is 0 Å². The SMILES string of the molecule is CC(=O)O[C@H]1CC[C@@]2(C)[C@@H](CC[C@@H]3[C@@H]2CC[C@]2(C)C(n4ccnn4)=C(C=O)C[C@@H]32)C1. The van der Waals surface area contributed by atoms with Crippen LogP contribution in [0.5, 0.6) is 0 Å². The summed E-state index contributed by atoms with van der Waals surface area (Å²) in [7, 11) is 0. The van der Waals surface area contributed by atoms with Gasteiger partial charge in [0.1, 0.15) is 12.4 Å². The van der Waals surface area contributed by atoms with Crippen molar-refractivity contribution in [3.8, 4) is 0 Å². The molecular formula is C24H33N3O3. The van der Waals surface area contributed by atoms with Crippen LogP contribution in [0.3, 0.4) is 0 Å². The van der Waals surface area contributed by atoms with E-state index in [4.69, 9.17) is 4.74 Å². The molecule has 1 aromatic rings. The van der Waals surface area contributed by atoms with E-state index >= 15 is 0 Å². The number of carbonyl (C=O) groups excluding carboxylic acids is 2. The van der Waals surface area contributed by atoms with Crippen LogP contribution in [0.25, 0.3) is 5.70 Å². The Balaban J connectivity index is 1.42. The molecule has 0 saturated heterocycles. The van der Waals surface area contributed by atoms with Crippen LogP contribution in [-0.2, 0) is 14.3 Å². The Bertz CT molecular complexity index is 878. The van der Waals surface area contributed by atoms with E-state index in [1.165, 1.54) is 26.2 Å². The monoisotopic (exact) mass is 411 g/mol. The number of aldehydes is 1. The fraction of sp³-hybridized carbons (Fsp3) is 0.750. The number of hydrogen-bond acceptors (Lipinski definition) is 5. The van der Waals surface area contributed by atoms with Crippen LogP contribution in [0.2, 0.25) is 0 Å². The Labute approximate surface area is 178 Å². The lowest BCUT2D eigenvalue weighted by atomic mass is 9.45. The number of carbonyl (C=O) groups is 2. The number of rotatable bonds is 3. The molecule has 1 aromatic heterocycles. The summed E-state index contributed by atoms with van der Waals surface area (Å²) in [6.07, 6.45) is 13.5. The van der Waals surface area contributed by atoms with Crippen LogP contribution in [0.1, 0.15) is 72.1 Å². The van der Waals surface area contributed by atoms with Gasteiger partial charge in [-0.25, -0.2) is 4.68 Å². The maximum atomic E-state index is 12.0. The van der Waals surface area contributed by atoms with Crippen LogP contribution in [0, 0.1) is 34.5 Å². The third-order valence-corrected chi connectivity index (χ3v) is 9.42. The molecule has 1 heterocycles. The summed E-state index contributed by atoms with van der Waals surface area (Å²) in [6, 6.07) is 0. The average molecular weight is 412 g/mol. The van der Waals surface area contributed by atoms with E-state index in [0.717, 1.165) is 49.7 Å². The number of fused-ring (bicyclic) bond motifs is 5. The van der Waals surface area contributed by atoms with Crippen molar-refractivity contribution in [3.63, 3.8) is 0 Å². The number of allylic oxidation sites excluding steroid dienone is 2. The van der Waals surface area contributed by atoms with Crippen molar-refractivity contribution in [2.75, 3.05) is 0 Å². The summed E-state index contributed by atoms with van der Waals surface area (Å²) in [4.78, 5) is 23.5. The molecule has 0 N–H and O–H groups in total. The minimum Gasteiger partial charge on any atom is -0.463 e. The summed E-state index contributed by atoms with van der Waals surface area (Å²) in [6.45, 7) is 6.38. The largest absolute Gasteiger partial charge is 0.463 e. The van der Waals surface area contributed by atoms with Gasteiger partial charge in [0.2, 0.25) is 0 Å². The van der Waals surface area contributed by atoms with Crippen LogP contribution in [-0.4, -0.2) is 33.4 Å². The highest BCUT2D eigenvalue weighted by molar-refractivity contribution is 5.86. The molecule has 0 unspecified atom stereocenters. The van der Waals surface area contributed by atoms with Crippen LogP contribution < -0.4 is 0 Å². The van der Waals surface area contributed by atoms with E-state index in [2.05, 4.69) is 24.2 Å². The molecule has 0 spiro atoms. The number of nitrogens with zero attached hydrogens (tertiary/aromatic N) is 3. The van der Waals surface area contributed by atoms with Gasteiger partial charge in [0, 0.05) is 17.9 Å². The van der Waals surface area contributed by atoms with Gasteiger partial charge < -0.3 is 4.74 Å². The molecule has 6 heteroatoms. The van der Waals surface area contributed by atoms with Crippen LogP contribution >= 0.6 is 0 Å². The average Bonchev–Trinajstić information content (AvgIpc) is 3.32. The lowest BCUT2D eigenvalue weighted by molar-refractivity contribution is -0.158. The Hall–Kier alpha value is -1.98.